The highest BCUT2D eigenvalue weighted by molar-refractivity contribution is 9.10. The van der Waals surface area contributed by atoms with Crippen LogP contribution in [-0.2, 0) is 9.53 Å². The Balaban J connectivity index is 1.97. The lowest BCUT2D eigenvalue weighted by atomic mass is 10.1. The van der Waals surface area contributed by atoms with Gasteiger partial charge in [0.1, 0.15) is 5.70 Å². The number of benzene rings is 1. The number of amides is 3. The van der Waals surface area contributed by atoms with Crippen LogP contribution in [0.1, 0.15) is 17.3 Å². The molecule has 1 aliphatic heterocycles. The molecule has 2 atom stereocenters. The number of carbonyl (C=O) groups is 3. The molecule has 9 nitrogen and oxygen atoms in total. The van der Waals surface area contributed by atoms with Gasteiger partial charge >= 0.3 is 6.09 Å². The van der Waals surface area contributed by atoms with Crippen LogP contribution in [0.15, 0.2) is 46.7 Å². The zero-order valence-electron chi connectivity index (χ0n) is 18.1. The zero-order valence-corrected chi connectivity index (χ0v) is 22.8. The van der Waals surface area contributed by atoms with Gasteiger partial charge in [-0.15, -0.1) is 0 Å². The average Bonchev–Trinajstić information content (AvgIpc) is 3.09. The Morgan fingerprint density at radius 3 is 2.62 bits per heavy atom. The number of anilines is 2. The van der Waals surface area contributed by atoms with Crippen molar-refractivity contribution in [1.82, 2.24) is 15.4 Å². The number of nitrogens with zero attached hydrogens (tertiary/aromatic N) is 3. The van der Waals surface area contributed by atoms with E-state index in [0.717, 1.165) is 5.01 Å². The fourth-order valence-electron chi connectivity index (χ4n) is 3.24. The van der Waals surface area contributed by atoms with Gasteiger partial charge in [-0.1, -0.05) is 39.1 Å². The molecule has 0 fully saturated rings. The molecule has 0 saturated heterocycles. The van der Waals surface area contributed by atoms with E-state index in [4.69, 9.17) is 23.2 Å². The largest absolute Gasteiger partial charge is 0.452 e. The molecule has 3 amide bonds. The summed E-state index contributed by atoms with van der Waals surface area (Å²) < 4.78 is 4.89. The summed E-state index contributed by atoms with van der Waals surface area (Å²) in [5.41, 5.74) is 2.74. The summed E-state index contributed by atoms with van der Waals surface area (Å²) in [5.74, 6) is -0.717. The standard InChI is InChI=1S/C21H19Br2Cl2N5O4/c1-10-13(22)9-16(30(10)18-15(25)5-4-6-26-18)19(31)27-17-12(7-11(24)8-14(17)23)20(32)29(2)28-21(33)34-3/h4-10,13H,1-3H3,(H,27,31)(H,28,33). The molecule has 34 heavy (non-hydrogen) atoms. The maximum Gasteiger partial charge on any atom is 0.425 e. The highest BCUT2D eigenvalue weighted by Gasteiger charge is 2.36. The number of alkyl halides is 1. The van der Waals surface area contributed by atoms with Gasteiger partial charge in [0, 0.05) is 28.8 Å². The Kier molecular flexibility index (Phi) is 8.45. The molecule has 2 aromatic rings. The average molecular weight is 636 g/mol. The summed E-state index contributed by atoms with van der Waals surface area (Å²) in [4.78, 5) is 43.9. The van der Waals surface area contributed by atoms with Crippen molar-refractivity contribution in [2.75, 3.05) is 24.4 Å². The van der Waals surface area contributed by atoms with Crippen molar-refractivity contribution in [2.24, 2.45) is 0 Å². The van der Waals surface area contributed by atoms with Gasteiger partial charge in [-0.05, 0) is 53.2 Å². The van der Waals surface area contributed by atoms with Gasteiger partial charge in [0.15, 0.2) is 5.82 Å². The minimum atomic E-state index is -0.834. The zero-order chi connectivity index (χ0) is 25.2. The molecule has 0 spiro atoms. The fourth-order valence-corrected chi connectivity index (χ4v) is 4.85. The Morgan fingerprint density at radius 2 is 1.97 bits per heavy atom. The van der Waals surface area contributed by atoms with Gasteiger partial charge in [0.25, 0.3) is 11.8 Å². The smallest absolute Gasteiger partial charge is 0.425 e. The van der Waals surface area contributed by atoms with E-state index in [0.29, 0.717) is 15.3 Å². The van der Waals surface area contributed by atoms with Crippen molar-refractivity contribution in [2.45, 2.75) is 17.8 Å². The van der Waals surface area contributed by atoms with Crippen LogP contribution in [0.25, 0.3) is 0 Å². The van der Waals surface area contributed by atoms with Crippen LogP contribution in [-0.4, -0.2) is 52.9 Å². The van der Waals surface area contributed by atoms with E-state index in [-0.39, 0.29) is 32.8 Å². The van der Waals surface area contributed by atoms with Crippen molar-refractivity contribution >= 4 is 84.5 Å². The number of carbonyl (C=O) groups excluding carboxylic acids is 3. The summed E-state index contributed by atoms with van der Waals surface area (Å²) in [6.45, 7) is 1.92. The van der Waals surface area contributed by atoms with E-state index >= 15 is 0 Å². The lowest BCUT2D eigenvalue weighted by Crippen LogP contribution is -2.43. The van der Waals surface area contributed by atoms with Gasteiger partial charge in [-0.3, -0.25) is 14.6 Å². The first-order valence-electron chi connectivity index (χ1n) is 9.73. The van der Waals surface area contributed by atoms with Gasteiger partial charge in [0.2, 0.25) is 0 Å². The topological polar surface area (TPSA) is 104 Å². The van der Waals surface area contributed by atoms with Crippen LogP contribution < -0.4 is 15.6 Å². The summed E-state index contributed by atoms with van der Waals surface area (Å²) in [6.07, 6.45) is 2.49. The van der Waals surface area contributed by atoms with Crippen LogP contribution in [0, 0.1) is 0 Å². The Hall–Kier alpha value is -2.34. The number of methoxy groups -OCH3 is 1. The van der Waals surface area contributed by atoms with Crippen LogP contribution in [0.5, 0.6) is 0 Å². The first-order chi connectivity index (χ1) is 16.0. The van der Waals surface area contributed by atoms with Gasteiger partial charge in [-0.2, -0.15) is 0 Å². The number of ether oxygens (including phenoxy) is 1. The van der Waals surface area contributed by atoms with Gasteiger partial charge in [0.05, 0.1) is 28.2 Å². The van der Waals surface area contributed by atoms with Crippen molar-refractivity contribution < 1.29 is 19.1 Å². The Bertz CT molecular complexity index is 1180. The van der Waals surface area contributed by atoms with E-state index in [1.54, 1.807) is 29.3 Å². The SMILES string of the molecule is COC(=O)NN(C)C(=O)c1cc(Cl)cc(Br)c1NC(=O)C1=CC(Br)C(C)N1c1ncccc1Cl. The van der Waals surface area contributed by atoms with Gasteiger partial charge < -0.3 is 15.0 Å². The lowest BCUT2D eigenvalue weighted by Gasteiger charge is -2.28. The molecule has 2 N–H and O–H groups in total. The molecule has 0 saturated carbocycles. The first kappa shape index (κ1) is 26.3. The number of aromatic nitrogens is 1. The second-order valence-corrected chi connectivity index (χ2v) is 9.90. The molecule has 180 valence electrons. The fraction of sp³-hybridized carbons (Fsp3) is 0.238. The molecule has 2 heterocycles. The number of hydrogen-bond acceptors (Lipinski definition) is 6. The van der Waals surface area contributed by atoms with Crippen molar-refractivity contribution in [1.29, 1.82) is 0 Å². The third-order valence-electron chi connectivity index (χ3n) is 4.92. The summed E-state index contributed by atoms with van der Waals surface area (Å²) in [6, 6.07) is 6.13. The van der Waals surface area contributed by atoms with Crippen LogP contribution >= 0.6 is 55.1 Å². The molecule has 13 heteroatoms. The Labute approximate surface area is 222 Å². The van der Waals surface area contributed by atoms with Crippen molar-refractivity contribution in [3.8, 4) is 0 Å². The molecule has 1 aromatic heterocycles. The predicted molar refractivity (Wildman–Crippen MR) is 137 cm³/mol. The van der Waals surface area contributed by atoms with E-state index in [1.807, 2.05) is 6.92 Å². The van der Waals surface area contributed by atoms with Crippen LogP contribution in [0.4, 0.5) is 16.3 Å². The minimum absolute atomic E-state index is 0.0380. The van der Waals surface area contributed by atoms with E-state index in [2.05, 4.69) is 52.3 Å². The third-order valence-corrected chi connectivity index (χ3v) is 7.09. The van der Waals surface area contributed by atoms with E-state index in [9.17, 15) is 14.4 Å². The maximum atomic E-state index is 13.4. The molecule has 1 aromatic carbocycles. The summed E-state index contributed by atoms with van der Waals surface area (Å²) >= 11 is 19.4. The molecule has 0 bridgehead atoms. The number of halogens is 4. The molecular formula is C21H19Br2Cl2N5O4. The minimum Gasteiger partial charge on any atom is -0.452 e. The molecule has 2 unspecified atom stereocenters. The molecule has 3 rings (SSSR count). The number of nitrogens with one attached hydrogen (secondary N) is 2. The van der Waals surface area contributed by atoms with Gasteiger partial charge in [-0.25, -0.2) is 15.2 Å². The quantitative estimate of drug-likeness (QED) is 0.363. The van der Waals surface area contributed by atoms with Crippen LogP contribution in [0.2, 0.25) is 10.0 Å². The molecule has 0 aliphatic carbocycles. The monoisotopic (exact) mass is 633 g/mol. The first-order valence-corrected chi connectivity index (χ1v) is 12.2. The third kappa shape index (κ3) is 5.48. The van der Waals surface area contributed by atoms with E-state index < -0.39 is 17.9 Å². The van der Waals surface area contributed by atoms with Crippen molar-refractivity contribution in [3.63, 3.8) is 0 Å². The number of hydrazine groups is 1. The maximum absolute atomic E-state index is 13.4. The number of rotatable bonds is 4. The summed E-state index contributed by atoms with van der Waals surface area (Å²) in [7, 11) is 2.50. The second kappa shape index (κ2) is 10.9. The molecule has 1 aliphatic rings. The highest BCUT2D eigenvalue weighted by Crippen LogP contribution is 2.37. The number of hydrogen-bond donors (Lipinski definition) is 2. The van der Waals surface area contributed by atoms with Crippen LogP contribution in [0.3, 0.4) is 0 Å². The number of pyridine rings is 1. The highest BCUT2D eigenvalue weighted by atomic mass is 79.9. The Morgan fingerprint density at radius 1 is 1.26 bits per heavy atom. The second-order valence-electron chi connectivity index (χ2n) is 7.15. The van der Waals surface area contributed by atoms with E-state index in [1.165, 1.54) is 26.3 Å². The predicted octanol–water partition coefficient (Wildman–Crippen LogP) is 4.99. The normalized spacial score (nSPS) is 17.1. The lowest BCUT2D eigenvalue weighted by molar-refractivity contribution is -0.112. The van der Waals surface area contributed by atoms with Crippen molar-refractivity contribution in [3.05, 3.63) is 62.3 Å². The molecular weight excluding hydrogens is 617 g/mol. The molecule has 0 radical (unpaired) electrons. The summed E-state index contributed by atoms with van der Waals surface area (Å²) in [5, 5.41) is 4.32.